The summed E-state index contributed by atoms with van der Waals surface area (Å²) in [7, 11) is 1.60. The molecule has 1 aromatic rings. The van der Waals surface area contributed by atoms with Crippen molar-refractivity contribution in [3.05, 3.63) is 35.9 Å². The quantitative estimate of drug-likeness (QED) is 0.820. The van der Waals surface area contributed by atoms with Crippen molar-refractivity contribution in [1.29, 1.82) is 0 Å². The van der Waals surface area contributed by atoms with Gasteiger partial charge in [-0.05, 0) is 24.0 Å². The van der Waals surface area contributed by atoms with Crippen LogP contribution in [0.25, 0.3) is 5.57 Å². The van der Waals surface area contributed by atoms with E-state index in [1.807, 2.05) is 52.0 Å². The molecule has 0 aliphatic rings. The van der Waals surface area contributed by atoms with E-state index in [0.717, 1.165) is 16.9 Å². The molecule has 0 aliphatic carbocycles. The number of rotatable bonds is 5. The van der Waals surface area contributed by atoms with Gasteiger partial charge in [0.25, 0.3) is 0 Å². The average molecular weight is 291 g/mol. The monoisotopic (exact) mass is 291 g/mol. The van der Waals surface area contributed by atoms with E-state index in [1.165, 1.54) is 6.08 Å². The highest BCUT2D eigenvalue weighted by Gasteiger charge is 2.22. The second-order valence-corrected chi connectivity index (χ2v) is 6.15. The molecule has 0 bridgehead atoms. The van der Waals surface area contributed by atoms with Crippen molar-refractivity contribution in [2.75, 3.05) is 13.7 Å². The first-order chi connectivity index (χ1) is 9.75. The van der Waals surface area contributed by atoms with Gasteiger partial charge in [-0.2, -0.15) is 0 Å². The van der Waals surface area contributed by atoms with E-state index < -0.39 is 6.10 Å². The van der Waals surface area contributed by atoms with Gasteiger partial charge in [-0.3, -0.25) is 4.79 Å². The molecule has 0 saturated heterocycles. The largest absolute Gasteiger partial charge is 0.496 e. The van der Waals surface area contributed by atoms with Crippen LogP contribution < -0.4 is 10.1 Å². The van der Waals surface area contributed by atoms with Gasteiger partial charge in [0.05, 0.1) is 13.2 Å². The van der Waals surface area contributed by atoms with Crippen LogP contribution in [-0.4, -0.2) is 30.8 Å². The maximum absolute atomic E-state index is 11.9. The Balaban J connectivity index is 2.72. The number of allylic oxidation sites excluding steroid dienone is 1. The lowest BCUT2D eigenvalue weighted by molar-refractivity contribution is -0.117. The van der Waals surface area contributed by atoms with Crippen molar-refractivity contribution in [3.63, 3.8) is 0 Å². The smallest absolute Gasteiger partial charge is 0.244 e. The maximum Gasteiger partial charge on any atom is 0.244 e. The van der Waals surface area contributed by atoms with Gasteiger partial charge in [0, 0.05) is 18.2 Å². The molecule has 0 radical (unpaired) electrons. The molecule has 0 spiro atoms. The standard InChI is InChI=1S/C17H25NO3/c1-12(13-8-6-7-9-14(13)21-5)10-16(20)18-11-15(19)17(2,3)4/h6-10,15,19H,11H2,1-5H3,(H,18,20)/b12-10+. The number of benzene rings is 1. The lowest BCUT2D eigenvalue weighted by Gasteiger charge is -2.25. The minimum atomic E-state index is -0.582. The average Bonchev–Trinajstić information content (AvgIpc) is 2.43. The number of hydrogen-bond acceptors (Lipinski definition) is 3. The Hall–Kier alpha value is -1.81. The molecular weight excluding hydrogens is 266 g/mol. The fourth-order valence-electron chi connectivity index (χ4n) is 1.80. The summed E-state index contributed by atoms with van der Waals surface area (Å²) in [4.78, 5) is 11.9. The van der Waals surface area contributed by atoms with E-state index in [1.54, 1.807) is 7.11 Å². The summed E-state index contributed by atoms with van der Waals surface area (Å²) in [6.45, 7) is 7.88. The Bertz CT molecular complexity index is 515. The number of amides is 1. The summed E-state index contributed by atoms with van der Waals surface area (Å²) < 4.78 is 5.28. The summed E-state index contributed by atoms with van der Waals surface area (Å²) in [6, 6.07) is 7.54. The Morgan fingerprint density at radius 1 is 1.38 bits per heavy atom. The third-order valence-corrected chi connectivity index (χ3v) is 3.35. The molecule has 0 heterocycles. The normalized spacial score (nSPS) is 13.7. The minimum Gasteiger partial charge on any atom is -0.496 e. The second-order valence-electron chi connectivity index (χ2n) is 6.15. The Morgan fingerprint density at radius 2 is 2.00 bits per heavy atom. The highest BCUT2D eigenvalue weighted by molar-refractivity contribution is 5.95. The number of carbonyl (C=O) groups is 1. The zero-order chi connectivity index (χ0) is 16.0. The van der Waals surface area contributed by atoms with Gasteiger partial charge in [-0.25, -0.2) is 0 Å². The predicted octanol–water partition coefficient (Wildman–Crippen LogP) is 2.62. The molecular formula is C17H25NO3. The number of methoxy groups -OCH3 is 1. The second kappa shape index (κ2) is 7.27. The molecule has 21 heavy (non-hydrogen) atoms. The fourth-order valence-corrected chi connectivity index (χ4v) is 1.80. The zero-order valence-electron chi connectivity index (χ0n) is 13.4. The van der Waals surface area contributed by atoms with Gasteiger partial charge in [0.15, 0.2) is 0 Å². The van der Waals surface area contributed by atoms with Crippen LogP contribution in [-0.2, 0) is 4.79 Å². The Kier molecular flexibility index (Phi) is 5.97. The Morgan fingerprint density at radius 3 is 2.57 bits per heavy atom. The van der Waals surface area contributed by atoms with Crippen molar-refractivity contribution in [3.8, 4) is 5.75 Å². The van der Waals surface area contributed by atoms with Crippen molar-refractivity contribution in [2.45, 2.75) is 33.8 Å². The van der Waals surface area contributed by atoms with Crippen molar-refractivity contribution < 1.29 is 14.6 Å². The van der Waals surface area contributed by atoms with E-state index in [0.29, 0.717) is 0 Å². The van der Waals surface area contributed by atoms with Crippen LogP contribution in [0.1, 0.15) is 33.3 Å². The number of para-hydroxylation sites is 1. The molecule has 116 valence electrons. The predicted molar refractivity (Wildman–Crippen MR) is 85.1 cm³/mol. The first-order valence-corrected chi connectivity index (χ1v) is 7.03. The van der Waals surface area contributed by atoms with Gasteiger partial charge in [0.2, 0.25) is 5.91 Å². The lowest BCUT2D eigenvalue weighted by atomic mass is 9.89. The molecule has 4 nitrogen and oxygen atoms in total. The molecule has 1 aromatic carbocycles. The van der Waals surface area contributed by atoms with Crippen molar-refractivity contribution in [1.82, 2.24) is 5.32 Å². The number of ether oxygens (including phenoxy) is 1. The summed E-state index contributed by atoms with van der Waals surface area (Å²) >= 11 is 0. The summed E-state index contributed by atoms with van der Waals surface area (Å²) in [6.07, 6.45) is 0.939. The molecule has 1 atom stereocenters. The summed E-state index contributed by atoms with van der Waals surface area (Å²) in [5, 5.41) is 12.6. The van der Waals surface area contributed by atoms with Crippen LogP contribution in [0.15, 0.2) is 30.3 Å². The molecule has 0 aliphatic heterocycles. The highest BCUT2D eigenvalue weighted by atomic mass is 16.5. The van der Waals surface area contributed by atoms with Crippen LogP contribution in [0.2, 0.25) is 0 Å². The number of aliphatic hydroxyl groups is 1. The molecule has 4 heteroatoms. The van der Waals surface area contributed by atoms with Crippen LogP contribution in [0.4, 0.5) is 0 Å². The molecule has 1 unspecified atom stereocenters. The van der Waals surface area contributed by atoms with E-state index in [9.17, 15) is 9.90 Å². The third-order valence-electron chi connectivity index (χ3n) is 3.35. The maximum atomic E-state index is 11.9. The molecule has 0 aromatic heterocycles. The SMILES string of the molecule is COc1ccccc1/C(C)=C/C(=O)NCC(O)C(C)(C)C. The molecule has 2 N–H and O–H groups in total. The number of aliphatic hydroxyl groups excluding tert-OH is 1. The fraction of sp³-hybridized carbons (Fsp3) is 0.471. The topological polar surface area (TPSA) is 58.6 Å². The van der Waals surface area contributed by atoms with Gasteiger partial charge in [-0.15, -0.1) is 0 Å². The molecule has 1 amide bonds. The van der Waals surface area contributed by atoms with Gasteiger partial charge in [0.1, 0.15) is 5.75 Å². The van der Waals surface area contributed by atoms with Crippen LogP contribution in [0.3, 0.4) is 0 Å². The van der Waals surface area contributed by atoms with Gasteiger partial charge < -0.3 is 15.2 Å². The van der Waals surface area contributed by atoms with Crippen molar-refractivity contribution in [2.24, 2.45) is 5.41 Å². The lowest BCUT2D eigenvalue weighted by Crippen LogP contribution is -2.38. The molecule has 0 fully saturated rings. The first kappa shape index (κ1) is 17.2. The van der Waals surface area contributed by atoms with Crippen LogP contribution >= 0.6 is 0 Å². The van der Waals surface area contributed by atoms with E-state index in [4.69, 9.17) is 4.74 Å². The van der Waals surface area contributed by atoms with Crippen LogP contribution in [0.5, 0.6) is 5.75 Å². The van der Waals surface area contributed by atoms with E-state index in [2.05, 4.69) is 5.32 Å². The van der Waals surface area contributed by atoms with Gasteiger partial charge >= 0.3 is 0 Å². The third kappa shape index (κ3) is 5.23. The minimum absolute atomic E-state index is 0.221. The van der Waals surface area contributed by atoms with E-state index >= 15 is 0 Å². The van der Waals surface area contributed by atoms with Gasteiger partial charge in [-0.1, -0.05) is 39.0 Å². The number of hydrogen-bond donors (Lipinski definition) is 2. The highest BCUT2D eigenvalue weighted by Crippen LogP contribution is 2.25. The van der Waals surface area contributed by atoms with Crippen LogP contribution in [0, 0.1) is 5.41 Å². The van der Waals surface area contributed by atoms with E-state index in [-0.39, 0.29) is 17.9 Å². The number of nitrogens with one attached hydrogen (secondary N) is 1. The first-order valence-electron chi connectivity index (χ1n) is 7.03. The molecule has 0 saturated carbocycles. The number of carbonyl (C=O) groups excluding carboxylic acids is 1. The van der Waals surface area contributed by atoms with Crippen molar-refractivity contribution >= 4 is 11.5 Å². The molecule has 1 rings (SSSR count). The zero-order valence-corrected chi connectivity index (χ0v) is 13.4. The summed E-state index contributed by atoms with van der Waals surface area (Å²) in [5.41, 5.74) is 1.44. The summed E-state index contributed by atoms with van der Waals surface area (Å²) in [5.74, 6) is 0.510. The Labute approximate surface area is 126 Å².